The van der Waals surface area contributed by atoms with Crippen molar-refractivity contribution in [3.05, 3.63) is 0 Å². The fraction of sp³-hybridized carbons (Fsp3) is 0.917. The van der Waals surface area contributed by atoms with Crippen LogP contribution in [0.5, 0.6) is 0 Å². The second-order valence-electron chi connectivity index (χ2n) is 6.97. The van der Waals surface area contributed by atoms with Crippen LogP contribution in [0.4, 0.5) is 4.79 Å². The Hall–Kier alpha value is 0.130. The van der Waals surface area contributed by atoms with E-state index in [4.69, 9.17) is 0 Å². The molecule has 0 radical (unpaired) electrons. The van der Waals surface area contributed by atoms with Gasteiger partial charge in [-0.1, -0.05) is 50.5 Å². The number of nitrogens with zero attached hydrogens (tertiary/aromatic N) is 1. The van der Waals surface area contributed by atoms with Gasteiger partial charge in [0, 0.05) is 26.9 Å². The zero-order chi connectivity index (χ0) is 13.4. The molecular weight excluding hydrogens is 250 g/mol. The van der Waals surface area contributed by atoms with Crippen molar-refractivity contribution < 1.29 is 4.79 Å². The molecule has 1 saturated heterocycles. The van der Waals surface area contributed by atoms with Gasteiger partial charge in [0.25, 0.3) is 0 Å². The summed E-state index contributed by atoms with van der Waals surface area (Å²) in [5.74, 6) is 0.480. The Morgan fingerprint density at radius 2 is 1.76 bits per heavy atom. The van der Waals surface area contributed by atoms with E-state index >= 15 is 0 Å². The van der Waals surface area contributed by atoms with Gasteiger partial charge in [-0.3, -0.25) is 4.67 Å². The fourth-order valence-corrected chi connectivity index (χ4v) is 4.37. The lowest BCUT2D eigenvalue weighted by Crippen LogP contribution is -2.61. The second kappa shape index (κ2) is 5.02. The van der Waals surface area contributed by atoms with Crippen molar-refractivity contribution in [2.45, 2.75) is 47.6 Å². The monoisotopic (exact) mass is 276 g/mol. The molecule has 0 aliphatic carbocycles. The van der Waals surface area contributed by atoms with Crippen molar-refractivity contribution in [1.82, 2.24) is 9.99 Å². The first kappa shape index (κ1) is 15.2. The van der Waals surface area contributed by atoms with Crippen LogP contribution < -0.4 is 5.32 Å². The second-order valence-corrected chi connectivity index (χ2v) is 8.48. The molecule has 0 saturated carbocycles. The van der Waals surface area contributed by atoms with Gasteiger partial charge in [-0.2, -0.15) is 0 Å². The van der Waals surface area contributed by atoms with Crippen LogP contribution in [0.15, 0.2) is 0 Å². The summed E-state index contributed by atoms with van der Waals surface area (Å²) >= 11 is 0. The van der Waals surface area contributed by atoms with Gasteiger partial charge in [-0.25, -0.2) is 4.79 Å². The van der Waals surface area contributed by atoms with Crippen molar-refractivity contribution in [3.8, 4) is 0 Å². The van der Waals surface area contributed by atoms with Gasteiger partial charge < -0.3 is 5.32 Å². The summed E-state index contributed by atoms with van der Waals surface area (Å²) in [4.78, 5) is 12.0. The molecule has 5 heteroatoms. The lowest BCUT2D eigenvalue weighted by molar-refractivity contribution is 0.0497. The minimum atomic E-state index is 0.0822. The maximum absolute atomic E-state index is 12.0. The van der Waals surface area contributed by atoms with Crippen LogP contribution in [-0.2, 0) is 0 Å². The molecule has 1 fully saturated rings. The largest absolute Gasteiger partial charge is 0.337 e. The number of rotatable bonds is 1. The van der Waals surface area contributed by atoms with Gasteiger partial charge >= 0.3 is 6.03 Å². The van der Waals surface area contributed by atoms with E-state index in [0.717, 1.165) is 6.54 Å². The number of amides is 2. The van der Waals surface area contributed by atoms with Crippen LogP contribution in [-0.4, -0.2) is 23.3 Å². The maximum Gasteiger partial charge on any atom is 0.321 e. The molecule has 1 N–H and O–H groups in total. The summed E-state index contributed by atoms with van der Waals surface area (Å²) in [6.45, 7) is 14.3. The summed E-state index contributed by atoms with van der Waals surface area (Å²) in [6, 6.07) is 0.380. The maximum atomic E-state index is 12.0. The standard InChI is InChI=1S/C12H26N2OP2/c1-11(2,3)8-7-13-10(15)14(17-16)9(8)12(4,5)6/h8-9,17H,7,16H2,1-6H3,(H,13,15). The van der Waals surface area contributed by atoms with Gasteiger partial charge in [-0.05, 0) is 10.8 Å². The van der Waals surface area contributed by atoms with Crippen molar-refractivity contribution >= 4 is 23.4 Å². The third-order valence-corrected chi connectivity index (χ3v) is 5.08. The topological polar surface area (TPSA) is 32.3 Å². The molecule has 2 amide bonds. The third kappa shape index (κ3) is 3.32. The average molecular weight is 276 g/mol. The third-order valence-electron chi connectivity index (χ3n) is 3.49. The van der Waals surface area contributed by atoms with Crippen molar-refractivity contribution in [2.24, 2.45) is 16.7 Å². The lowest BCUT2D eigenvalue weighted by Gasteiger charge is -2.51. The number of carbonyl (C=O) groups is 1. The molecule has 0 aromatic rings. The molecule has 1 heterocycles. The Balaban J connectivity index is 3.11. The van der Waals surface area contributed by atoms with Gasteiger partial charge in [0.05, 0.1) is 0 Å². The molecule has 0 aromatic carbocycles. The van der Waals surface area contributed by atoms with E-state index in [1.54, 1.807) is 0 Å². The molecule has 1 aliphatic heterocycles. The molecule has 100 valence electrons. The lowest BCUT2D eigenvalue weighted by atomic mass is 9.67. The first-order chi connectivity index (χ1) is 7.59. The Labute approximate surface area is 109 Å². The first-order valence-corrected chi connectivity index (χ1v) is 8.88. The molecule has 17 heavy (non-hydrogen) atoms. The Bertz CT molecular complexity index is 294. The Morgan fingerprint density at radius 1 is 1.24 bits per heavy atom. The first-order valence-electron chi connectivity index (χ1n) is 6.12. The molecular formula is C12H26N2OP2. The summed E-state index contributed by atoms with van der Waals surface area (Å²) in [5.41, 5.74) is 0.313. The summed E-state index contributed by atoms with van der Waals surface area (Å²) < 4.78 is 1.99. The molecule has 4 atom stereocenters. The highest BCUT2D eigenvalue weighted by Crippen LogP contribution is 2.46. The summed E-state index contributed by atoms with van der Waals surface area (Å²) in [5, 5.41) is 3.02. The van der Waals surface area contributed by atoms with Crippen LogP contribution in [0.25, 0.3) is 0 Å². The van der Waals surface area contributed by atoms with Crippen LogP contribution in [0.3, 0.4) is 0 Å². The van der Waals surface area contributed by atoms with E-state index in [-0.39, 0.29) is 16.9 Å². The van der Waals surface area contributed by atoms with E-state index in [9.17, 15) is 4.79 Å². The van der Waals surface area contributed by atoms with Crippen molar-refractivity contribution in [3.63, 3.8) is 0 Å². The molecule has 0 bridgehead atoms. The Kier molecular flexibility index (Phi) is 4.48. The molecule has 3 nitrogen and oxygen atoms in total. The van der Waals surface area contributed by atoms with Gasteiger partial charge in [0.1, 0.15) is 0 Å². The summed E-state index contributed by atoms with van der Waals surface area (Å²) in [6.07, 6.45) is 0. The zero-order valence-corrected chi connectivity index (χ0v) is 13.9. The molecule has 1 rings (SSSR count). The van der Waals surface area contributed by atoms with Crippen LogP contribution in [0.2, 0.25) is 0 Å². The van der Waals surface area contributed by atoms with Crippen LogP contribution in [0, 0.1) is 16.7 Å². The molecule has 0 aromatic heterocycles. The van der Waals surface area contributed by atoms with Crippen molar-refractivity contribution in [1.29, 1.82) is 0 Å². The van der Waals surface area contributed by atoms with E-state index in [2.05, 4.69) is 55.8 Å². The van der Waals surface area contributed by atoms with E-state index in [1.165, 1.54) is 0 Å². The van der Waals surface area contributed by atoms with Crippen molar-refractivity contribution in [2.75, 3.05) is 6.54 Å². The quantitative estimate of drug-likeness (QED) is 0.731. The van der Waals surface area contributed by atoms with E-state index in [0.29, 0.717) is 20.4 Å². The highest BCUT2D eigenvalue weighted by atomic mass is 32.0. The normalized spacial score (nSPS) is 27.7. The number of urea groups is 1. The predicted molar refractivity (Wildman–Crippen MR) is 79.5 cm³/mol. The number of hydrogen-bond acceptors (Lipinski definition) is 1. The number of carbonyl (C=O) groups excluding carboxylic acids is 1. The predicted octanol–water partition coefficient (Wildman–Crippen LogP) is 3.47. The van der Waals surface area contributed by atoms with Crippen LogP contribution in [0.1, 0.15) is 41.5 Å². The highest BCUT2D eigenvalue weighted by Gasteiger charge is 2.46. The molecule has 0 spiro atoms. The molecule has 4 unspecified atom stereocenters. The van der Waals surface area contributed by atoms with Crippen LogP contribution >= 0.6 is 17.3 Å². The Morgan fingerprint density at radius 3 is 2.12 bits per heavy atom. The van der Waals surface area contributed by atoms with E-state index < -0.39 is 0 Å². The SMILES string of the molecule is CC(C)(C)C1CNC(=O)N(PP)C1C(C)(C)C. The minimum absolute atomic E-state index is 0.0822. The van der Waals surface area contributed by atoms with E-state index in [1.807, 2.05) is 4.67 Å². The van der Waals surface area contributed by atoms with Gasteiger partial charge in [0.15, 0.2) is 0 Å². The van der Waals surface area contributed by atoms with Gasteiger partial charge in [0.2, 0.25) is 0 Å². The number of hydrogen-bond donors (Lipinski definition) is 1. The average Bonchev–Trinajstić information content (AvgIpc) is 2.13. The minimum Gasteiger partial charge on any atom is -0.337 e. The molecule has 1 aliphatic rings. The van der Waals surface area contributed by atoms with Gasteiger partial charge in [-0.15, -0.1) is 0 Å². The number of nitrogens with one attached hydrogen (secondary N) is 1. The summed E-state index contributed by atoms with van der Waals surface area (Å²) in [7, 11) is 3.15. The smallest absolute Gasteiger partial charge is 0.321 e. The fourth-order valence-electron chi connectivity index (χ4n) is 2.61. The highest BCUT2D eigenvalue weighted by molar-refractivity contribution is 8.01. The zero-order valence-electron chi connectivity index (χ0n) is 11.8.